The Hall–Kier alpha value is -0.570. The molecule has 3 nitrogen and oxygen atoms in total. The molecule has 18 heavy (non-hydrogen) atoms. The molecule has 1 saturated carbocycles. The third-order valence-corrected chi connectivity index (χ3v) is 3.42. The molecular weight excluding hydrogens is 224 g/mol. The predicted octanol–water partition coefficient (Wildman–Crippen LogP) is 2.66. The van der Waals surface area contributed by atoms with Gasteiger partial charge in [0.25, 0.3) is 0 Å². The number of amides is 1. The Morgan fingerprint density at radius 1 is 1.11 bits per heavy atom. The molecule has 0 bridgehead atoms. The minimum absolute atomic E-state index is 0.281. The van der Waals surface area contributed by atoms with Gasteiger partial charge in [-0.15, -0.1) is 0 Å². The topological polar surface area (TPSA) is 32.3 Å². The lowest BCUT2D eigenvalue weighted by Gasteiger charge is -2.24. The number of nitrogens with zero attached hydrogens (tertiary/aromatic N) is 1. The van der Waals surface area contributed by atoms with E-state index in [0.717, 1.165) is 25.9 Å². The summed E-state index contributed by atoms with van der Waals surface area (Å²) in [4.78, 5) is 14.2. The predicted molar refractivity (Wildman–Crippen MR) is 76.5 cm³/mol. The van der Waals surface area contributed by atoms with Gasteiger partial charge in [-0.25, -0.2) is 0 Å². The van der Waals surface area contributed by atoms with Crippen LogP contribution in [0.1, 0.15) is 53.4 Å². The van der Waals surface area contributed by atoms with E-state index in [4.69, 9.17) is 0 Å². The molecule has 0 aromatic heterocycles. The lowest BCUT2D eigenvalue weighted by Crippen LogP contribution is -2.40. The zero-order valence-electron chi connectivity index (χ0n) is 12.5. The number of rotatable bonds is 9. The van der Waals surface area contributed by atoms with E-state index in [2.05, 4.69) is 37.9 Å². The van der Waals surface area contributed by atoms with Crippen molar-refractivity contribution >= 4 is 5.91 Å². The first-order valence-corrected chi connectivity index (χ1v) is 7.50. The van der Waals surface area contributed by atoms with Gasteiger partial charge in [0.2, 0.25) is 5.91 Å². The molecule has 0 unspecified atom stereocenters. The van der Waals surface area contributed by atoms with Gasteiger partial charge < -0.3 is 10.2 Å². The summed E-state index contributed by atoms with van der Waals surface area (Å²) in [5, 5.41) is 3.32. The molecule has 0 radical (unpaired) electrons. The van der Waals surface area contributed by atoms with Gasteiger partial charge in [0.05, 0.1) is 6.54 Å². The molecule has 0 heterocycles. The fourth-order valence-corrected chi connectivity index (χ4v) is 1.82. The highest BCUT2D eigenvalue weighted by atomic mass is 16.2. The van der Waals surface area contributed by atoms with E-state index < -0.39 is 0 Å². The fourth-order valence-electron chi connectivity index (χ4n) is 1.82. The second-order valence-corrected chi connectivity index (χ2v) is 6.40. The molecule has 1 N–H and O–H groups in total. The zero-order valence-corrected chi connectivity index (χ0v) is 12.5. The quantitative estimate of drug-likeness (QED) is 0.686. The molecule has 3 heteroatoms. The minimum atomic E-state index is 0.281. The standard InChI is InChI=1S/C15H30N2O/c1-12(2)7-9-17(10-8-13(3)4)15(18)11-16-14-5-6-14/h12-14,16H,5-11H2,1-4H3. The van der Waals surface area contributed by atoms with Gasteiger partial charge >= 0.3 is 0 Å². The Balaban J connectivity index is 2.32. The summed E-state index contributed by atoms with van der Waals surface area (Å²) in [6, 6.07) is 0.617. The van der Waals surface area contributed by atoms with Gasteiger partial charge in [0, 0.05) is 19.1 Å². The summed E-state index contributed by atoms with van der Waals surface area (Å²) in [5.74, 6) is 1.61. The lowest BCUT2D eigenvalue weighted by molar-refractivity contribution is -0.130. The third-order valence-electron chi connectivity index (χ3n) is 3.42. The SMILES string of the molecule is CC(C)CCN(CCC(C)C)C(=O)CNC1CC1. The summed E-state index contributed by atoms with van der Waals surface area (Å²) in [6.45, 7) is 11.2. The van der Waals surface area contributed by atoms with Crippen molar-refractivity contribution in [3.05, 3.63) is 0 Å². The van der Waals surface area contributed by atoms with Crippen LogP contribution in [0.2, 0.25) is 0 Å². The maximum absolute atomic E-state index is 12.2. The van der Waals surface area contributed by atoms with Gasteiger partial charge in [-0.05, 0) is 37.5 Å². The molecule has 1 aliphatic carbocycles. The molecule has 1 rings (SSSR count). The Kier molecular flexibility index (Phi) is 6.69. The van der Waals surface area contributed by atoms with Crippen LogP contribution in [0, 0.1) is 11.8 Å². The zero-order chi connectivity index (χ0) is 13.5. The van der Waals surface area contributed by atoms with Gasteiger partial charge in [0.15, 0.2) is 0 Å². The van der Waals surface area contributed by atoms with Gasteiger partial charge in [-0.2, -0.15) is 0 Å². The molecule has 0 atom stereocenters. The molecule has 0 saturated heterocycles. The molecule has 0 aromatic carbocycles. The van der Waals surface area contributed by atoms with E-state index >= 15 is 0 Å². The van der Waals surface area contributed by atoms with E-state index in [9.17, 15) is 4.79 Å². The maximum atomic E-state index is 12.2. The maximum Gasteiger partial charge on any atom is 0.236 e. The van der Waals surface area contributed by atoms with E-state index in [-0.39, 0.29) is 5.91 Å². The molecule has 0 aromatic rings. The Morgan fingerprint density at radius 2 is 1.61 bits per heavy atom. The number of carbonyl (C=O) groups is 1. The van der Waals surface area contributed by atoms with E-state index in [0.29, 0.717) is 24.4 Å². The first kappa shape index (κ1) is 15.5. The van der Waals surface area contributed by atoms with Crippen molar-refractivity contribution in [3.8, 4) is 0 Å². The summed E-state index contributed by atoms with van der Waals surface area (Å²) >= 11 is 0. The fraction of sp³-hybridized carbons (Fsp3) is 0.933. The second kappa shape index (κ2) is 7.78. The Labute approximate surface area is 112 Å². The highest BCUT2D eigenvalue weighted by Gasteiger charge is 2.22. The summed E-state index contributed by atoms with van der Waals surface area (Å²) in [6.07, 6.45) is 4.69. The first-order chi connectivity index (χ1) is 8.49. The van der Waals surface area contributed by atoms with E-state index in [1.165, 1.54) is 12.8 Å². The normalized spacial score (nSPS) is 15.4. The van der Waals surface area contributed by atoms with Gasteiger partial charge in [-0.1, -0.05) is 27.7 Å². The molecule has 106 valence electrons. The third kappa shape index (κ3) is 7.00. The van der Waals surface area contributed by atoms with Crippen molar-refractivity contribution in [2.75, 3.05) is 19.6 Å². The summed E-state index contributed by atoms with van der Waals surface area (Å²) < 4.78 is 0. The monoisotopic (exact) mass is 254 g/mol. The van der Waals surface area contributed by atoms with Crippen LogP contribution in [0.3, 0.4) is 0 Å². The van der Waals surface area contributed by atoms with Crippen LogP contribution < -0.4 is 5.32 Å². The van der Waals surface area contributed by atoms with Crippen molar-refractivity contribution in [1.82, 2.24) is 10.2 Å². The number of nitrogens with one attached hydrogen (secondary N) is 1. The lowest BCUT2D eigenvalue weighted by atomic mass is 10.1. The van der Waals surface area contributed by atoms with Crippen LogP contribution in [0.4, 0.5) is 0 Å². The van der Waals surface area contributed by atoms with E-state index in [1.54, 1.807) is 0 Å². The van der Waals surface area contributed by atoms with Crippen molar-refractivity contribution in [2.45, 2.75) is 59.4 Å². The second-order valence-electron chi connectivity index (χ2n) is 6.40. The van der Waals surface area contributed by atoms with Crippen molar-refractivity contribution in [1.29, 1.82) is 0 Å². The van der Waals surface area contributed by atoms with Crippen LogP contribution >= 0.6 is 0 Å². The largest absolute Gasteiger partial charge is 0.342 e. The van der Waals surface area contributed by atoms with Crippen LogP contribution in [0.25, 0.3) is 0 Å². The van der Waals surface area contributed by atoms with Gasteiger partial charge in [0.1, 0.15) is 0 Å². The minimum Gasteiger partial charge on any atom is -0.342 e. The molecule has 1 amide bonds. The number of hydrogen-bond donors (Lipinski definition) is 1. The van der Waals surface area contributed by atoms with Crippen molar-refractivity contribution in [2.24, 2.45) is 11.8 Å². The Morgan fingerprint density at radius 3 is 2.00 bits per heavy atom. The number of hydrogen-bond acceptors (Lipinski definition) is 2. The van der Waals surface area contributed by atoms with Crippen molar-refractivity contribution in [3.63, 3.8) is 0 Å². The smallest absolute Gasteiger partial charge is 0.236 e. The molecular formula is C15H30N2O. The average Bonchev–Trinajstić information content (AvgIpc) is 3.09. The number of carbonyl (C=O) groups excluding carboxylic acids is 1. The average molecular weight is 254 g/mol. The van der Waals surface area contributed by atoms with E-state index in [1.807, 2.05) is 0 Å². The van der Waals surface area contributed by atoms with Crippen LogP contribution in [-0.4, -0.2) is 36.5 Å². The highest BCUT2D eigenvalue weighted by Crippen LogP contribution is 2.18. The van der Waals surface area contributed by atoms with Crippen LogP contribution in [0.15, 0.2) is 0 Å². The summed E-state index contributed by atoms with van der Waals surface area (Å²) in [5.41, 5.74) is 0. The van der Waals surface area contributed by atoms with Crippen LogP contribution in [-0.2, 0) is 4.79 Å². The van der Waals surface area contributed by atoms with Crippen LogP contribution in [0.5, 0.6) is 0 Å². The molecule has 1 aliphatic rings. The van der Waals surface area contributed by atoms with Gasteiger partial charge in [-0.3, -0.25) is 4.79 Å². The summed E-state index contributed by atoms with van der Waals surface area (Å²) in [7, 11) is 0. The molecule has 1 fully saturated rings. The molecule has 0 aliphatic heterocycles. The van der Waals surface area contributed by atoms with Crippen molar-refractivity contribution < 1.29 is 4.79 Å². The Bertz CT molecular complexity index is 235. The highest BCUT2D eigenvalue weighted by molar-refractivity contribution is 5.78. The molecule has 0 spiro atoms. The first-order valence-electron chi connectivity index (χ1n) is 7.50.